The highest BCUT2D eigenvalue weighted by atomic mass is 16.3. The lowest BCUT2D eigenvalue weighted by Crippen LogP contribution is -2.15. The van der Waals surface area contributed by atoms with Crippen LogP contribution >= 0.6 is 0 Å². The van der Waals surface area contributed by atoms with E-state index in [2.05, 4.69) is 23.3 Å². The van der Waals surface area contributed by atoms with Crippen molar-refractivity contribution in [2.45, 2.75) is 32.4 Å². The zero-order valence-electron chi connectivity index (χ0n) is 9.94. The predicted molar refractivity (Wildman–Crippen MR) is 66.5 cm³/mol. The second-order valence-electron chi connectivity index (χ2n) is 4.61. The van der Waals surface area contributed by atoms with Crippen molar-refractivity contribution in [1.82, 2.24) is 10.3 Å². The summed E-state index contributed by atoms with van der Waals surface area (Å²) in [4.78, 5) is 4.51. The van der Waals surface area contributed by atoms with Gasteiger partial charge in [-0.3, -0.25) is 0 Å². The van der Waals surface area contributed by atoms with Gasteiger partial charge < -0.3 is 9.73 Å². The normalized spacial score (nSPS) is 15.1. The highest BCUT2D eigenvalue weighted by Crippen LogP contribution is 2.23. The number of nitrogens with zero attached hydrogens (tertiary/aromatic N) is 1. The van der Waals surface area contributed by atoms with E-state index >= 15 is 0 Å². The van der Waals surface area contributed by atoms with Crippen LogP contribution in [0.4, 0.5) is 0 Å². The summed E-state index contributed by atoms with van der Waals surface area (Å²) in [6, 6.07) is 8.85. The standard InChI is InChI=1S/C14H16N2O/c1-10-4-2-3-5-13(10)14-16-12(9-17-14)8-15-11-6-7-11/h2-5,9,11,15H,6-8H2,1H3. The zero-order chi connectivity index (χ0) is 11.7. The molecule has 1 fully saturated rings. The van der Waals surface area contributed by atoms with Crippen molar-refractivity contribution in [1.29, 1.82) is 0 Å². The summed E-state index contributed by atoms with van der Waals surface area (Å²) < 4.78 is 5.53. The Morgan fingerprint density at radius 3 is 2.94 bits per heavy atom. The molecule has 1 heterocycles. The average molecular weight is 228 g/mol. The first-order chi connectivity index (χ1) is 8.33. The lowest BCUT2D eigenvalue weighted by atomic mass is 10.1. The summed E-state index contributed by atoms with van der Waals surface area (Å²) in [6.07, 6.45) is 4.34. The van der Waals surface area contributed by atoms with Crippen molar-refractivity contribution in [2.75, 3.05) is 0 Å². The van der Waals surface area contributed by atoms with Gasteiger partial charge in [0.25, 0.3) is 0 Å². The number of hydrogen-bond acceptors (Lipinski definition) is 3. The van der Waals surface area contributed by atoms with Crippen molar-refractivity contribution >= 4 is 0 Å². The lowest BCUT2D eigenvalue weighted by molar-refractivity contribution is 0.569. The number of aromatic nitrogens is 1. The predicted octanol–water partition coefficient (Wildman–Crippen LogP) is 2.90. The number of rotatable bonds is 4. The SMILES string of the molecule is Cc1ccccc1-c1nc(CNC2CC2)co1. The molecule has 1 saturated carbocycles. The maximum absolute atomic E-state index is 5.53. The molecule has 0 aliphatic heterocycles. The maximum Gasteiger partial charge on any atom is 0.226 e. The molecule has 3 nitrogen and oxygen atoms in total. The van der Waals surface area contributed by atoms with Crippen LogP contribution in [0.25, 0.3) is 11.5 Å². The monoisotopic (exact) mass is 228 g/mol. The van der Waals surface area contributed by atoms with E-state index in [0.29, 0.717) is 6.04 Å². The molecule has 0 radical (unpaired) electrons. The maximum atomic E-state index is 5.53. The van der Waals surface area contributed by atoms with Crippen LogP contribution in [0.2, 0.25) is 0 Å². The highest BCUT2D eigenvalue weighted by molar-refractivity contribution is 5.58. The average Bonchev–Trinajstić information content (AvgIpc) is 3.06. The second kappa shape index (κ2) is 4.34. The fourth-order valence-electron chi connectivity index (χ4n) is 1.86. The fraction of sp³-hybridized carbons (Fsp3) is 0.357. The van der Waals surface area contributed by atoms with E-state index in [0.717, 1.165) is 23.7 Å². The first-order valence-corrected chi connectivity index (χ1v) is 6.07. The zero-order valence-corrected chi connectivity index (χ0v) is 9.94. The summed E-state index contributed by atoms with van der Waals surface area (Å²) in [5.41, 5.74) is 3.25. The largest absolute Gasteiger partial charge is 0.444 e. The number of benzene rings is 1. The third-order valence-corrected chi connectivity index (χ3v) is 3.08. The Hall–Kier alpha value is -1.61. The van der Waals surface area contributed by atoms with Gasteiger partial charge in [0.1, 0.15) is 6.26 Å². The van der Waals surface area contributed by atoms with Crippen molar-refractivity contribution in [2.24, 2.45) is 0 Å². The summed E-state index contributed by atoms with van der Waals surface area (Å²) >= 11 is 0. The van der Waals surface area contributed by atoms with Crippen molar-refractivity contribution in [3.63, 3.8) is 0 Å². The van der Waals surface area contributed by atoms with Gasteiger partial charge in [0.15, 0.2) is 0 Å². The number of nitrogens with one attached hydrogen (secondary N) is 1. The second-order valence-corrected chi connectivity index (χ2v) is 4.61. The number of hydrogen-bond donors (Lipinski definition) is 1. The van der Waals surface area contributed by atoms with E-state index in [1.807, 2.05) is 18.2 Å². The van der Waals surface area contributed by atoms with Crippen LogP contribution in [0.5, 0.6) is 0 Å². The molecule has 0 saturated heterocycles. The molecule has 2 aromatic rings. The molecule has 0 unspecified atom stereocenters. The van der Waals surface area contributed by atoms with Gasteiger partial charge in [0, 0.05) is 18.2 Å². The summed E-state index contributed by atoms with van der Waals surface area (Å²) in [5.74, 6) is 0.718. The first kappa shape index (κ1) is 10.5. The van der Waals surface area contributed by atoms with Gasteiger partial charge in [-0.2, -0.15) is 0 Å². The quantitative estimate of drug-likeness (QED) is 0.874. The van der Waals surface area contributed by atoms with Gasteiger partial charge in [-0.25, -0.2) is 4.98 Å². The van der Waals surface area contributed by atoms with Crippen molar-refractivity contribution in [3.8, 4) is 11.5 Å². The third-order valence-electron chi connectivity index (χ3n) is 3.08. The first-order valence-electron chi connectivity index (χ1n) is 6.07. The van der Waals surface area contributed by atoms with Crippen LogP contribution in [-0.4, -0.2) is 11.0 Å². The molecule has 1 aliphatic carbocycles. The Morgan fingerprint density at radius 2 is 2.18 bits per heavy atom. The molecule has 1 aliphatic rings. The van der Waals surface area contributed by atoms with Gasteiger partial charge in [-0.1, -0.05) is 18.2 Å². The van der Waals surface area contributed by atoms with E-state index < -0.39 is 0 Å². The summed E-state index contributed by atoms with van der Waals surface area (Å²) in [7, 11) is 0. The molecule has 1 N–H and O–H groups in total. The smallest absolute Gasteiger partial charge is 0.226 e. The van der Waals surface area contributed by atoms with Crippen LogP contribution in [0.3, 0.4) is 0 Å². The molecule has 17 heavy (non-hydrogen) atoms. The van der Waals surface area contributed by atoms with Crippen LogP contribution in [0.15, 0.2) is 34.9 Å². The Bertz CT molecular complexity index is 514. The molecule has 1 aromatic heterocycles. The molecule has 3 rings (SSSR count). The molecule has 0 spiro atoms. The van der Waals surface area contributed by atoms with E-state index in [4.69, 9.17) is 4.42 Å². The Kier molecular flexibility index (Phi) is 2.69. The molecule has 0 atom stereocenters. The van der Waals surface area contributed by atoms with Crippen LogP contribution in [0.1, 0.15) is 24.1 Å². The van der Waals surface area contributed by atoms with E-state index in [9.17, 15) is 0 Å². The molecule has 1 aromatic carbocycles. The molecule has 3 heteroatoms. The van der Waals surface area contributed by atoms with Gasteiger partial charge in [0.2, 0.25) is 5.89 Å². The van der Waals surface area contributed by atoms with E-state index in [-0.39, 0.29) is 0 Å². The minimum atomic E-state index is 0.702. The fourth-order valence-corrected chi connectivity index (χ4v) is 1.86. The van der Waals surface area contributed by atoms with Crippen LogP contribution in [-0.2, 0) is 6.54 Å². The van der Waals surface area contributed by atoms with Crippen LogP contribution < -0.4 is 5.32 Å². The van der Waals surface area contributed by atoms with E-state index in [1.54, 1.807) is 6.26 Å². The third kappa shape index (κ3) is 2.39. The van der Waals surface area contributed by atoms with Gasteiger partial charge >= 0.3 is 0 Å². The van der Waals surface area contributed by atoms with E-state index in [1.165, 1.54) is 18.4 Å². The molecule has 0 bridgehead atoms. The molecular formula is C14H16N2O. The van der Waals surface area contributed by atoms with Crippen molar-refractivity contribution in [3.05, 3.63) is 41.8 Å². The Labute approximate surface area is 101 Å². The molecule has 88 valence electrons. The van der Waals surface area contributed by atoms with Crippen LogP contribution in [0, 0.1) is 6.92 Å². The van der Waals surface area contributed by atoms with Gasteiger partial charge in [-0.05, 0) is 31.4 Å². The highest BCUT2D eigenvalue weighted by Gasteiger charge is 2.20. The summed E-state index contributed by atoms with van der Waals surface area (Å²) in [6.45, 7) is 2.88. The minimum Gasteiger partial charge on any atom is -0.444 e. The summed E-state index contributed by atoms with van der Waals surface area (Å²) in [5, 5.41) is 3.43. The Balaban J connectivity index is 1.77. The Morgan fingerprint density at radius 1 is 1.35 bits per heavy atom. The van der Waals surface area contributed by atoms with Crippen molar-refractivity contribution < 1.29 is 4.42 Å². The van der Waals surface area contributed by atoms with Gasteiger partial charge in [-0.15, -0.1) is 0 Å². The minimum absolute atomic E-state index is 0.702. The molecule has 0 amide bonds. The number of oxazole rings is 1. The molecular weight excluding hydrogens is 212 g/mol. The topological polar surface area (TPSA) is 38.1 Å². The lowest BCUT2D eigenvalue weighted by Gasteiger charge is -1.99. The van der Waals surface area contributed by atoms with Gasteiger partial charge in [0.05, 0.1) is 5.69 Å². The number of aryl methyl sites for hydroxylation is 1.